The SMILES string of the molecule is CC(C)(C)c1ccc(N(c2ccc(C(C)(C)C)cc2)c2cc3c4cc5ccccc5cc4n4c5cc6ccccc6cc5c(c2)c34)cc1. The largest absolute Gasteiger partial charge is 0.310 e. The van der Waals surface area contributed by atoms with Crippen LogP contribution in [-0.4, -0.2) is 4.40 Å². The van der Waals surface area contributed by atoms with E-state index in [1.165, 1.54) is 70.8 Å². The first-order chi connectivity index (χ1) is 23.0. The minimum absolute atomic E-state index is 0.0830. The van der Waals surface area contributed by atoms with Gasteiger partial charge in [0.2, 0.25) is 0 Å². The summed E-state index contributed by atoms with van der Waals surface area (Å²) in [7, 11) is 0. The van der Waals surface area contributed by atoms with Gasteiger partial charge in [-0.05, 0) is 104 Å². The predicted molar refractivity (Wildman–Crippen MR) is 208 cm³/mol. The molecule has 0 atom stereocenters. The summed E-state index contributed by atoms with van der Waals surface area (Å²) < 4.78 is 2.51. The van der Waals surface area contributed by atoms with Crippen LogP contribution in [0.3, 0.4) is 0 Å². The molecule has 2 heterocycles. The van der Waals surface area contributed by atoms with Crippen LogP contribution in [0.5, 0.6) is 0 Å². The zero-order chi connectivity index (χ0) is 32.9. The lowest BCUT2D eigenvalue weighted by Gasteiger charge is -2.28. The summed E-state index contributed by atoms with van der Waals surface area (Å²) in [4.78, 5) is 2.44. The summed E-state index contributed by atoms with van der Waals surface area (Å²) in [6.45, 7) is 13.7. The van der Waals surface area contributed by atoms with E-state index in [-0.39, 0.29) is 10.8 Å². The maximum Gasteiger partial charge on any atom is 0.0622 e. The zero-order valence-corrected chi connectivity index (χ0v) is 28.6. The summed E-state index contributed by atoms with van der Waals surface area (Å²) in [5, 5.41) is 10.2. The summed E-state index contributed by atoms with van der Waals surface area (Å²) in [5.74, 6) is 0. The molecule has 0 bridgehead atoms. The average Bonchev–Trinajstić information content (AvgIpc) is 3.56. The van der Waals surface area contributed by atoms with Crippen LogP contribution in [0.15, 0.2) is 133 Å². The van der Waals surface area contributed by atoms with Crippen molar-refractivity contribution >= 4 is 76.7 Å². The Bertz CT molecular complexity index is 2480. The van der Waals surface area contributed by atoms with Gasteiger partial charge in [-0.25, -0.2) is 0 Å². The second kappa shape index (κ2) is 10.1. The van der Waals surface area contributed by atoms with Crippen molar-refractivity contribution in [2.75, 3.05) is 4.90 Å². The van der Waals surface area contributed by atoms with Crippen molar-refractivity contribution < 1.29 is 0 Å². The van der Waals surface area contributed by atoms with E-state index >= 15 is 0 Å². The Kier molecular flexibility index (Phi) is 6.06. The Morgan fingerprint density at radius 2 is 0.771 bits per heavy atom. The van der Waals surface area contributed by atoms with Crippen molar-refractivity contribution in [3.05, 3.63) is 145 Å². The van der Waals surface area contributed by atoms with Gasteiger partial charge < -0.3 is 9.30 Å². The second-order valence-corrected chi connectivity index (χ2v) is 15.6. The molecule has 48 heavy (non-hydrogen) atoms. The quantitative estimate of drug-likeness (QED) is 0.191. The summed E-state index contributed by atoms with van der Waals surface area (Å²) in [5.41, 5.74) is 10.1. The van der Waals surface area contributed by atoms with Gasteiger partial charge >= 0.3 is 0 Å². The molecule has 9 rings (SSSR count). The van der Waals surface area contributed by atoms with E-state index in [2.05, 4.69) is 184 Å². The standard InChI is InChI=1S/C46H40N2/c1-45(2,3)33-15-19-35(20-16-33)47(36-21-17-34(18-22-36)46(4,5)6)37-27-40-38-23-29-11-7-9-13-31(29)25-42(38)48-43-26-32-14-10-8-12-30(32)24-39(43)41(28-37)44(40)48/h7-28H,1-6H3. The molecule has 0 fully saturated rings. The van der Waals surface area contributed by atoms with E-state index in [4.69, 9.17) is 0 Å². The van der Waals surface area contributed by atoms with Gasteiger partial charge in [0.05, 0.1) is 16.6 Å². The van der Waals surface area contributed by atoms with Crippen LogP contribution in [-0.2, 0) is 10.8 Å². The smallest absolute Gasteiger partial charge is 0.0622 e. The number of hydrogen-bond acceptors (Lipinski definition) is 1. The normalized spacial score (nSPS) is 12.8. The molecule has 0 saturated carbocycles. The molecule has 0 saturated heterocycles. The van der Waals surface area contributed by atoms with Gasteiger partial charge in [0.25, 0.3) is 0 Å². The molecular weight excluding hydrogens is 581 g/mol. The first-order valence-electron chi connectivity index (χ1n) is 17.1. The summed E-state index contributed by atoms with van der Waals surface area (Å²) in [6, 6.07) is 50.2. The molecule has 0 N–H and O–H groups in total. The highest BCUT2D eigenvalue weighted by Gasteiger charge is 2.23. The molecule has 234 valence electrons. The van der Waals surface area contributed by atoms with Crippen LogP contribution < -0.4 is 4.90 Å². The first-order valence-corrected chi connectivity index (χ1v) is 17.1. The van der Waals surface area contributed by atoms with Gasteiger partial charge in [0.15, 0.2) is 0 Å². The summed E-state index contributed by atoms with van der Waals surface area (Å²) in [6.07, 6.45) is 0. The molecule has 2 nitrogen and oxygen atoms in total. The van der Waals surface area contributed by atoms with E-state index in [0.29, 0.717) is 0 Å². The molecule has 9 aromatic rings. The number of nitrogens with zero attached hydrogens (tertiary/aromatic N) is 2. The number of anilines is 3. The lowest BCUT2D eigenvalue weighted by Crippen LogP contribution is -2.14. The van der Waals surface area contributed by atoms with E-state index < -0.39 is 0 Å². The van der Waals surface area contributed by atoms with Crippen molar-refractivity contribution in [2.24, 2.45) is 0 Å². The van der Waals surface area contributed by atoms with Gasteiger partial charge in [-0.15, -0.1) is 0 Å². The number of benzene rings is 7. The van der Waals surface area contributed by atoms with Crippen molar-refractivity contribution in [3.8, 4) is 0 Å². The fourth-order valence-corrected chi connectivity index (χ4v) is 7.70. The summed E-state index contributed by atoms with van der Waals surface area (Å²) >= 11 is 0. The number of fused-ring (bicyclic) bond motifs is 8. The highest BCUT2D eigenvalue weighted by Crippen LogP contribution is 2.46. The molecule has 0 aliphatic heterocycles. The fraction of sp³-hybridized carbons (Fsp3) is 0.174. The van der Waals surface area contributed by atoms with Crippen LogP contribution >= 0.6 is 0 Å². The van der Waals surface area contributed by atoms with E-state index in [9.17, 15) is 0 Å². The molecule has 0 spiro atoms. The van der Waals surface area contributed by atoms with Crippen LogP contribution in [0.2, 0.25) is 0 Å². The predicted octanol–water partition coefficient (Wildman–Crippen LogP) is 13.2. The Labute approximate surface area is 282 Å². The monoisotopic (exact) mass is 620 g/mol. The topological polar surface area (TPSA) is 7.65 Å². The molecule has 0 unspecified atom stereocenters. The fourth-order valence-electron chi connectivity index (χ4n) is 7.70. The second-order valence-electron chi connectivity index (χ2n) is 15.6. The lowest BCUT2D eigenvalue weighted by molar-refractivity contribution is 0.590. The third-order valence-electron chi connectivity index (χ3n) is 10.3. The van der Waals surface area contributed by atoms with Crippen molar-refractivity contribution in [3.63, 3.8) is 0 Å². The van der Waals surface area contributed by atoms with Crippen LogP contribution in [0, 0.1) is 0 Å². The molecule has 0 aliphatic carbocycles. The first kappa shape index (κ1) is 28.8. The Balaban J connectivity index is 1.38. The Hall–Kier alpha value is -5.34. The molecule has 0 aliphatic rings. The highest BCUT2D eigenvalue weighted by molar-refractivity contribution is 6.27. The van der Waals surface area contributed by atoms with Crippen molar-refractivity contribution in [1.29, 1.82) is 0 Å². The van der Waals surface area contributed by atoms with E-state index in [0.717, 1.165) is 17.1 Å². The average molecular weight is 621 g/mol. The van der Waals surface area contributed by atoms with E-state index in [1.54, 1.807) is 0 Å². The van der Waals surface area contributed by atoms with Crippen molar-refractivity contribution in [2.45, 2.75) is 52.4 Å². The molecule has 0 amide bonds. The third-order valence-corrected chi connectivity index (χ3v) is 10.3. The maximum absolute atomic E-state index is 2.51. The molecule has 2 aromatic heterocycles. The lowest BCUT2D eigenvalue weighted by atomic mass is 9.86. The van der Waals surface area contributed by atoms with Gasteiger partial charge in [0.1, 0.15) is 0 Å². The van der Waals surface area contributed by atoms with Gasteiger partial charge in [-0.1, -0.05) is 114 Å². The zero-order valence-electron chi connectivity index (χ0n) is 28.6. The Morgan fingerprint density at radius 1 is 0.396 bits per heavy atom. The number of aromatic nitrogens is 1. The molecule has 7 aromatic carbocycles. The highest BCUT2D eigenvalue weighted by atomic mass is 15.1. The van der Waals surface area contributed by atoms with Gasteiger partial charge in [-0.3, -0.25) is 0 Å². The molecular formula is C46H40N2. The third kappa shape index (κ3) is 4.39. The van der Waals surface area contributed by atoms with Gasteiger partial charge in [0, 0.05) is 38.6 Å². The minimum atomic E-state index is 0.0830. The van der Waals surface area contributed by atoms with E-state index in [1.807, 2.05) is 0 Å². The molecule has 2 heteroatoms. The number of rotatable bonds is 3. The van der Waals surface area contributed by atoms with Crippen molar-refractivity contribution in [1.82, 2.24) is 4.40 Å². The Morgan fingerprint density at radius 3 is 1.15 bits per heavy atom. The van der Waals surface area contributed by atoms with Gasteiger partial charge in [-0.2, -0.15) is 0 Å². The number of hydrogen-bond donors (Lipinski definition) is 0. The van der Waals surface area contributed by atoms with Crippen LogP contribution in [0.1, 0.15) is 52.7 Å². The minimum Gasteiger partial charge on any atom is -0.310 e. The van der Waals surface area contributed by atoms with Crippen LogP contribution in [0.4, 0.5) is 17.1 Å². The van der Waals surface area contributed by atoms with Crippen LogP contribution in [0.25, 0.3) is 59.6 Å². The maximum atomic E-state index is 2.51. The molecule has 0 radical (unpaired) electrons.